The number of aryl methyl sites for hydroxylation is 1. The average molecular weight is 378 g/mol. The molecule has 0 saturated heterocycles. The summed E-state index contributed by atoms with van der Waals surface area (Å²) in [6, 6.07) is 3.55. The van der Waals surface area contributed by atoms with Crippen molar-refractivity contribution in [2.75, 3.05) is 19.6 Å². The number of thiophene rings is 2. The van der Waals surface area contributed by atoms with Crippen LogP contribution in [0.2, 0.25) is 0 Å². The molecule has 1 aliphatic heterocycles. The van der Waals surface area contributed by atoms with Crippen molar-refractivity contribution >= 4 is 34.2 Å². The summed E-state index contributed by atoms with van der Waals surface area (Å²) in [4.78, 5) is 15.0. The van der Waals surface area contributed by atoms with Gasteiger partial charge in [-0.3, -0.25) is 4.90 Å². The van der Waals surface area contributed by atoms with E-state index in [9.17, 15) is 9.18 Å². The molecule has 0 aliphatic carbocycles. The summed E-state index contributed by atoms with van der Waals surface area (Å²) in [6.07, 6.45) is 5.42. The minimum atomic E-state index is -0.837. The van der Waals surface area contributed by atoms with Crippen molar-refractivity contribution in [2.45, 2.75) is 19.8 Å². The van der Waals surface area contributed by atoms with Crippen LogP contribution in [0.1, 0.15) is 28.2 Å². The van der Waals surface area contributed by atoms with Crippen molar-refractivity contribution in [3.8, 4) is 0 Å². The zero-order valence-corrected chi connectivity index (χ0v) is 15.6. The normalized spacial score (nSPS) is 16.1. The molecule has 0 amide bonds. The second-order valence-electron chi connectivity index (χ2n) is 6.04. The predicted molar refractivity (Wildman–Crippen MR) is 102 cm³/mol. The summed E-state index contributed by atoms with van der Waals surface area (Å²) < 4.78 is 14.1. The molecule has 0 aromatic carbocycles. The first-order chi connectivity index (χ1) is 12.1. The molecule has 2 aromatic heterocycles. The molecule has 0 unspecified atom stereocenters. The predicted octanol–water partition coefficient (Wildman–Crippen LogP) is 4.80. The molecule has 0 atom stereocenters. The Bertz CT molecular complexity index is 777. The molecule has 3 heterocycles. The highest BCUT2D eigenvalue weighted by Crippen LogP contribution is 2.35. The lowest BCUT2D eigenvalue weighted by atomic mass is 10.1. The highest BCUT2D eigenvalue weighted by molar-refractivity contribution is 7.14. The van der Waals surface area contributed by atoms with E-state index in [1.165, 1.54) is 17.4 Å². The fourth-order valence-electron chi connectivity index (χ4n) is 2.97. The number of nitrogens with zero attached hydrogens (tertiary/aromatic N) is 1. The maximum absolute atomic E-state index is 14.1. The highest BCUT2D eigenvalue weighted by atomic mass is 32.1. The van der Waals surface area contributed by atoms with Gasteiger partial charge in [0.05, 0.1) is 4.88 Å². The third-order valence-corrected chi connectivity index (χ3v) is 6.24. The number of carboxylic acid groups (broad SMARTS) is 1. The van der Waals surface area contributed by atoms with Crippen molar-refractivity contribution in [3.05, 3.63) is 61.8 Å². The zero-order valence-electron chi connectivity index (χ0n) is 14.0. The largest absolute Gasteiger partial charge is 0.478 e. The van der Waals surface area contributed by atoms with Gasteiger partial charge < -0.3 is 5.11 Å². The first kappa shape index (κ1) is 18.0. The van der Waals surface area contributed by atoms with E-state index in [2.05, 4.69) is 11.0 Å². The van der Waals surface area contributed by atoms with Gasteiger partial charge in [-0.2, -0.15) is 0 Å². The number of hydrogen-bond acceptors (Lipinski definition) is 4. The molecule has 1 aliphatic rings. The molecule has 2 aromatic rings. The van der Waals surface area contributed by atoms with Gasteiger partial charge >= 0.3 is 5.97 Å². The zero-order chi connectivity index (χ0) is 17.8. The van der Waals surface area contributed by atoms with Gasteiger partial charge in [-0.15, -0.1) is 22.7 Å². The summed E-state index contributed by atoms with van der Waals surface area (Å²) in [7, 11) is 0. The van der Waals surface area contributed by atoms with Crippen molar-refractivity contribution in [1.29, 1.82) is 0 Å². The molecule has 0 spiro atoms. The van der Waals surface area contributed by atoms with E-state index < -0.39 is 5.97 Å². The van der Waals surface area contributed by atoms with Crippen molar-refractivity contribution in [3.63, 3.8) is 0 Å². The van der Waals surface area contributed by atoms with Crippen molar-refractivity contribution in [2.24, 2.45) is 0 Å². The minimum Gasteiger partial charge on any atom is -0.478 e. The number of halogens is 1. The number of carboxylic acids is 1. The molecule has 3 nitrogen and oxygen atoms in total. The quantitative estimate of drug-likeness (QED) is 0.786. The standard InChI is InChI=1S/C19H20FNO2S2/c1-13-6-10-24-17(13)15(18-16(20)7-11-25-18)5-3-9-21-8-2-4-14(12-21)19(22)23/h4-7,10-11H,2-3,8-9,12H2,1H3,(H,22,23). The van der Waals surface area contributed by atoms with Crippen LogP contribution in [-0.2, 0) is 4.79 Å². The van der Waals surface area contributed by atoms with E-state index in [1.54, 1.807) is 22.8 Å². The van der Waals surface area contributed by atoms with Crippen LogP contribution < -0.4 is 0 Å². The van der Waals surface area contributed by atoms with Crippen LogP contribution in [0, 0.1) is 12.7 Å². The summed E-state index contributed by atoms with van der Waals surface area (Å²) in [5.41, 5.74) is 2.57. The minimum absolute atomic E-state index is 0.182. The molecule has 132 valence electrons. The molecule has 0 saturated carbocycles. The Kier molecular flexibility index (Phi) is 5.83. The van der Waals surface area contributed by atoms with Crippen LogP contribution in [0.3, 0.4) is 0 Å². The first-order valence-corrected chi connectivity index (χ1v) is 9.95. The highest BCUT2D eigenvalue weighted by Gasteiger charge is 2.18. The maximum atomic E-state index is 14.1. The Morgan fingerprint density at radius 1 is 1.32 bits per heavy atom. The summed E-state index contributed by atoms with van der Waals surface area (Å²) >= 11 is 3.04. The summed E-state index contributed by atoms with van der Waals surface area (Å²) in [5, 5.41) is 12.9. The van der Waals surface area contributed by atoms with Gasteiger partial charge in [-0.05, 0) is 48.2 Å². The van der Waals surface area contributed by atoms with Crippen molar-refractivity contribution < 1.29 is 14.3 Å². The van der Waals surface area contributed by atoms with Gasteiger partial charge in [0, 0.05) is 35.7 Å². The number of carbonyl (C=O) groups is 1. The molecular formula is C19H20FNO2S2. The molecule has 0 bridgehead atoms. The Labute approximate surface area is 154 Å². The van der Waals surface area contributed by atoms with E-state index in [1.807, 2.05) is 18.4 Å². The molecular weight excluding hydrogens is 357 g/mol. The SMILES string of the molecule is Cc1ccsc1C(=CCCN1CCC=C(C(=O)O)C1)c1sccc1F. The van der Waals surface area contributed by atoms with Crippen LogP contribution in [0.15, 0.2) is 40.6 Å². The van der Waals surface area contributed by atoms with Crippen LogP contribution in [0.5, 0.6) is 0 Å². The lowest BCUT2D eigenvalue weighted by Gasteiger charge is -2.25. The number of hydrogen-bond donors (Lipinski definition) is 1. The lowest BCUT2D eigenvalue weighted by Crippen LogP contribution is -2.32. The topological polar surface area (TPSA) is 40.5 Å². The Hall–Kier alpha value is -1.76. The van der Waals surface area contributed by atoms with E-state index >= 15 is 0 Å². The second kappa shape index (κ2) is 8.08. The summed E-state index contributed by atoms with van der Waals surface area (Å²) in [6.45, 7) is 4.15. The van der Waals surface area contributed by atoms with E-state index in [0.717, 1.165) is 41.9 Å². The van der Waals surface area contributed by atoms with Gasteiger partial charge in [-0.1, -0.05) is 12.2 Å². The molecule has 1 N–H and O–H groups in total. The smallest absolute Gasteiger partial charge is 0.332 e. The Morgan fingerprint density at radius 2 is 2.08 bits per heavy atom. The third-order valence-electron chi connectivity index (χ3n) is 4.27. The van der Waals surface area contributed by atoms with Crippen LogP contribution >= 0.6 is 22.7 Å². The van der Waals surface area contributed by atoms with E-state index in [4.69, 9.17) is 5.11 Å². The second-order valence-corrected chi connectivity index (χ2v) is 7.87. The van der Waals surface area contributed by atoms with Gasteiger partial charge in [-0.25, -0.2) is 9.18 Å². The van der Waals surface area contributed by atoms with Gasteiger partial charge in [0.15, 0.2) is 0 Å². The lowest BCUT2D eigenvalue weighted by molar-refractivity contribution is -0.133. The monoisotopic (exact) mass is 377 g/mol. The average Bonchev–Trinajstić information content (AvgIpc) is 3.21. The van der Waals surface area contributed by atoms with Crippen LogP contribution in [0.4, 0.5) is 4.39 Å². The third kappa shape index (κ3) is 4.26. The van der Waals surface area contributed by atoms with Crippen LogP contribution in [0.25, 0.3) is 5.57 Å². The molecule has 3 rings (SSSR count). The summed E-state index contributed by atoms with van der Waals surface area (Å²) in [5.74, 6) is -1.02. The Morgan fingerprint density at radius 3 is 2.72 bits per heavy atom. The van der Waals surface area contributed by atoms with Crippen LogP contribution in [-0.4, -0.2) is 35.6 Å². The Balaban J connectivity index is 1.74. The first-order valence-electron chi connectivity index (χ1n) is 8.19. The van der Waals surface area contributed by atoms with Gasteiger partial charge in [0.1, 0.15) is 5.82 Å². The molecule has 6 heteroatoms. The fraction of sp³-hybridized carbons (Fsp3) is 0.316. The fourth-order valence-corrected chi connectivity index (χ4v) is 4.82. The van der Waals surface area contributed by atoms with Crippen molar-refractivity contribution in [1.82, 2.24) is 4.90 Å². The number of aliphatic carboxylic acids is 1. The molecule has 25 heavy (non-hydrogen) atoms. The van der Waals surface area contributed by atoms with Gasteiger partial charge in [0.25, 0.3) is 0 Å². The van der Waals surface area contributed by atoms with E-state index in [-0.39, 0.29) is 5.82 Å². The van der Waals surface area contributed by atoms with Gasteiger partial charge in [0.2, 0.25) is 0 Å². The van der Waals surface area contributed by atoms with E-state index in [0.29, 0.717) is 17.0 Å². The maximum Gasteiger partial charge on any atom is 0.332 e. The number of rotatable bonds is 6. The molecule has 0 fully saturated rings. The molecule has 0 radical (unpaired) electrons.